The Bertz CT molecular complexity index is 712. The molecule has 0 N–H and O–H groups in total. The number of aliphatic imine (C=N–C) groups is 2. The molecule has 133 valence electrons. The second-order valence-electron chi connectivity index (χ2n) is 5.06. The average Bonchev–Trinajstić information content (AvgIpc) is 3.30. The maximum absolute atomic E-state index is 11.2. The van der Waals surface area contributed by atoms with Crippen molar-refractivity contribution in [2.75, 3.05) is 26.3 Å². The molecule has 0 unspecified atom stereocenters. The smallest absolute Gasteiger partial charge is 0.872 e. The van der Waals surface area contributed by atoms with E-state index in [2.05, 4.69) is 9.98 Å². The quantitative estimate of drug-likeness (QED) is 0.721. The summed E-state index contributed by atoms with van der Waals surface area (Å²) in [5.41, 5.74) is 1.13. The standard InChI is InChI=1S/2C9H9NO2.Cu/c2*11-8-4-2-1-3-7(8)9-10-5-6-12-9;/h2*1-4,11H,5-6H2;/q;;+2/p-2. The SMILES string of the molecule is [Cu+2].[O-]c1ccccc1C1=NCCO1.[O-]c1ccccc1C1=NCCO1. The normalized spacial score (nSPS) is 14.9. The molecule has 6 nitrogen and oxygen atoms in total. The number of ether oxygens (including phenoxy) is 2. The van der Waals surface area contributed by atoms with Gasteiger partial charge >= 0.3 is 17.1 Å². The van der Waals surface area contributed by atoms with E-state index in [0.717, 1.165) is 0 Å². The van der Waals surface area contributed by atoms with Gasteiger partial charge in [0, 0.05) is 11.1 Å². The van der Waals surface area contributed by atoms with Crippen LogP contribution in [0.3, 0.4) is 0 Å². The molecule has 0 bridgehead atoms. The summed E-state index contributed by atoms with van der Waals surface area (Å²) >= 11 is 0. The summed E-state index contributed by atoms with van der Waals surface area (Å²) in [4.78, 5) is 8.12. The molecule has 0 fully saturated rings. The first kappa shape index (κ1) is 18.8. The third-order valence-corrected chi connectivity index (χ3v) is 3.41. The Morgan fingerprint density at radius 3 is 1.40 bits per heavy atom. The van der Waals surface area contributed by atoms with E-state index in [1.165, 1.54) is 12.1 Å². The van der Waals surface area contributed by atoms with Gasteiger partial charge < -0.3 is 19.7 Å². The predicted octanol–water partition coefficient (Wildman–Crippen LogP) is 1.07. The fraction of sp³-hybridized carbons (Fsp3) is 0.222. The molecule has 0 aliphatic carbocycles. The summed E-state index contributed by atoms with van der Waals surface area (Å²) in [6.45, 7) is 2.49. The van der Waals surface area contributed by atoms with Crippen LogP contribution in [0, 0.1) is 0 Å². The van der Waals surface area contributed by atoms with E-state index < -0.39 is 0 Å². The molecular weight excluding hydrogens is 372 g/mol. The summed E-state index contributed by atoms with van der Waals surface area (Å²) < 4.78 is 10.3. The van der Waals surface area contributed by atoms with Crippen LogP contribution in [0.4, 0.5) is 0 Å². The molecule has 0 aromatic heterocycles. The Hall–Kier alpha value is -2.50. The first-order valence-corrected chi connectivity index (χ1v) is 7.63. The van der Waals surface area contributed by atoms with Crippen molar-refractivity contribution in [2.45, 2.75) is 0 Å². The van der Waals surface area contributed by atoms with Crippen LogP contribution in [0.1, 0.15) is 11.1 Å². The summed E-state index contributed by atoms with van der Waals surface area (Å²) in [6.07, 6.45) is 0. The van der Waals surface area contributed by atoms with Gasteiger partial charge in [0.05, 0.1) is 13.1 Å². The van der Waals surface area contributed by atoms with Crippen LogP contribution in [-0.4, -0.2) is 38.1 Å². The summed E-state index contributed by atoms with van der Waals surface area (Å²) in [7, 11) is 0. The molecule has 25 heavy (non-hydrogen) atoms. The third-order valence-electron chi connectivity index (χ3n) is 3.41. The van der Waals surface area contributed by atoms with Gasteiger partial charge in [0.15, 0.2) is 0 Å². The topological polar surface area (TPSA) is 89.3 Å². The van der Waals surface area contributed by atoms with E-state index in [9.17, 15) is 10.2 Å². The van der Waals surface area contributed by atoms with Gasteiger partial charge in [-0.1, -0.05) is 60.0 Å². The monoisotopic (exact) mass is 387 g/mol. The van der Waals surface area contributed by atoms with E-state index >= 15 is 0 Å². The molecule has 2 aromatic carbocycles. The van der Waals surface area contributed by atoms with E-state index in [1.54, 1.807) is 36.4 Å². The van der Waals surface area contributed by atoms with Crippen molar-refractivity contribution < 1.29 is 36.8 Å². The molecule has 1 radical (unpaired) electrons. The van der Waals surface area contributed by atoms with Crippen LogP contribution in [0.2, 0.25) is 0 Å². The van der Waals surface area contributed by atoms with Crippen LogP contribution in [-0.2, 0) is 26.5 Å². The minimum Gasteiger partial charge on any atom is -0.872 e. The average molecular weight is 388 g/mol. The van der Waals surface area contributed by atoms with Gasteiger partial charge in [-0.3, -0.25) is 0 Å². The van der Waals surface area contributed by atoms with Crippen molar-refractivity contribution in [1.82, 2.24) is 0 Å². The zero-order chi connectivity index (χ0) is 16.8. The van der Waals surface area contributed by atoms with Crippen molar-refractivity contribution in [2.24, 2.45) is 9.98 Å². The molecule has 2 heterocycles. The predicted molar refractivity (Wildman–Crippen MR) is 86.5 cm³/mol. The third kappa shape index (κ3) is 4.75. The van der Waals surface area contributed by atoms with Gasteiger partial charge in [-0.15, -0.1) is 0 Å². The minimum atomic E-state index is -0.0295. The van der Waals surface area contributed by atoms with Crippen LogP contribution in [0.25, 0.3) is 0 Å². The fourth-order valence-electron chi connectivity index (χ4n) is 2.28. The Balaban J connectivity index is 0.000000173. The second kappa shape index (κ2) is 9.11. The first-order valence-electron chi connectivity index (χ1n) is 7.63. The van der Waals surface area contributed by atoms with Crippen molar-refractivity contribution in [1.29, 1.82) is 0 Å². The molecular formula is C18H16CuN2O4. The number of hydrogen-bond acceptors (Lipinski definition) is 6. The van der Waals surface area contributed by atoms with Gasteiger partial charge in [0.25, 0.3) is 0 Å². The van der Waals surface area contributed by atoms with Crippen molar-refractivity contribution in [3.8, 4) is 11.5 Å². The van der Waals surface area contributed by atoms with Crippen LogP contribution in [0.15, 0.2) is 58.5 Å². The fourth-order valence-corrected chi connectivity index (χ4v) is 2.28. The molecule has 2 aliphatic rings. The zero-order valence-corrected chi connectivity index (χ0v) is 14.2. The molecule has 7 heteroatoms. The number of rotatable bonds is 2. The van der Waals surface area contributed by atoms with E-state index in [4.69, 9.17) is 9.47 Å². The minimum absolute atomic E-state index is 0. The molecule has 0 spiro atoms. The van der Waals surface area contributed by atoms with Gasteiger partial charge in [0.1, 0.15) is 13.2 Å². The van der Waals surface area contributed by atoms with E-state index in [-0.39, 0.29) is 28.6 Å². The number of benzene rings is 2. The van der Waals surface area contributed by atoms with E-state index in [1.807, 2.05) is 0 Å². The Kier molecular flexibility index (Phi) is 6.86. The Morgan fingerprint density at radius 2 is 1.08 bits per heavy atom. The molecule has 0 saturated carbocycles. The Morgan fingerprint density at radius 1 is 0.680 bits per heavy atom. The number of hydrogen-bond donors (Lipinski definition) is 0. The largest absolute Gasteiger partial charge is 2.00 e. The molecule has 2 aromatic rings. The van der Waals surface area contributed by atoms with Crippen molar-refractivity contribution in [3.63, 3.8) is 0 Å². The summed E-state index contributed by atoms with van der Waals surface area (Å²) in [5.74, 6) is 0.914. The molecule has 0 saturated heterocycles. The van der Waals surface area contributed by atoms with Gasteiger partial charge in [-0.05, 0) is 0 Å². The zero-order valence-electron chi connectivity index (χ0n) is 13.3. The summed E-state index contributed by atoms with van der Waals surface area (Å²) in [6, 6.07) is 13.5. The molecule has 4 rings (SSSR count). The molecule has 0 amide bonds. The van der Waals surface area contributed by atoms with Crippen LogP contribution >= 0.6 is 0 Å². The maximum atomic E-state index is 11.2. The number of para-hydroxylation sites is 2. The Labute approximate surface area is 156 Å². The molecule has 2 aliphatic heterocycles. The molecule has 0 atom stereocenters. The van der Waals surface area contributed by atoms with Crippen molar-refractivity contribution in [3.05, 3.63) is 59.7 Å². The second-order valence-corrected chi connectivity index (χ2v) is 5.06. The van der Waals surface area contributed by atoms with E-state index in [0.29, 0.717) is 49.2 Å². The van der Waals surface area contributed by atoms with Crippen LogP contribution < -0.4 is 10.2 Å². The maximum Gasteiger partial charge on any atom is 2.00 e. The van der Waals surface area contributed by atoms with Crippen LogP contribution in [0.5, 0.6) is 11.5 Å². The first-order chi connectivity index (χ1) is 11.8. The van der Waals surface area contributed by atoms with Crippen molar-refractivity contribution >= 4 is 11.8 Å². The van der Waals surface area contributed by atoms with Gasteiger partial charge in [-0.25, -0.2) is 9.98 Å². The van der Waals surface area contributed by atoms with Gasteiger partial charge in [0.2, 0.25) is 11.8 Å². The number of nitrogens with zero attached hydrogens (tertiary/aromatic N) is 2. The van der Waals surface area contributed by atoms with Gasteiger partial charge in [-0.2, -0.15) is 0 Å². The summed E-state index contributed by atoms with van der Waals surface area (Å²) in [5, 5.41) is 22.5.